The summed E-state index contributed by atoms with van der Waals surface area (Å²) in [5, 5.41) is 14.1. The molecule has 1 aromatic carbocycles. The van der Waals surface area contributed by atoms with E-state index in [0.717, 1.165) is 50.8 Å². The Hall–Kier alpha value is -2.72. The van der Waals surface area contributed by atoms with E-state index >= 15 is 0 Å². The zero-order chi connectivity index (χ0) is 21.6. The van der Waals surface area contributed by atoms with E-state index in [-0.39, 0.29) is 16.0 Å². The maximum absolute atomic E-state index is 13.0. The van der Waals surface area contributed by atoms with Gasteiger partial charge in [-0.25, -0.2) is 13.5 Å². The number of H-pyrrole nitrogens is 1. The Balaban J connectivity index is 1.40. The molecule has 3 aromatic rings. The molecule has 2 heterocycles. The van der Waals surface area contributed by atoms with E-state index in [1.807, 2.05) is 19.0 Å². The fourth-order valence-electron chi connectivity index (χ4n) is 4.52. The van der Waals surface area contributed by atoms with Crippen LogP contribution < -0.4 is 5.32 Å². The third-order valence-corrected chi connectivity index (χ3v) is 7.65. The van der Waals surface area contributed by atoms with E-state index in [0.29, 0.717) is 6.54 Å². The highest BCUT2D eigenvalue weighted by molar-refractivity contribution is 7.91. The van der Waals surface area contributed by atoms with Crippen LogP contribution in [0.1, 0.15) is 35.1 Å². The van der Waals surface area contributed by atoms with E-state index in [2.05, 4.69) is 31.7 Å². The highest BCUT2D eigenvalue weighted by atomic mass is 32.2. The van der Waals surface area contributed by atoms with Gasteiger partial charge in [0.1, 0.15) is 4.90 Å². The van der Waals surface area contributed by atoms with Gasteiger partial charge in [0, 0.05) is 18.4 Å². The number of aryl methyl sites for hydroxylation is 2. The summed E-state index contributed by atoms with van der Waals surface area (Å²) in [6.45, 7) is 1.37. The molecule has 2 N–H and O–H groups in total. The normalized spacial score (nSPS) is 15.5. The van der Waals surface area contributed by atoms with Gasteiger partial charge in [-0.1, -0.05) is 6.07 Å². The molecule has 0 saturated carbocycles. The summed E-state index contributed by atoms with van der Waals surface area (Å²) in [7, 11) is 0.103. The van der Waals surface area contributed by atoms with Crippen molar-refractivity contribution in [1.29, 1.82) is 0 Å². The molecule has 0 bridgehead atoms. The molecule has 0 spiro atoms. The van der Waals surface area contributed by atoms with Crippen molar-refractivity contribution in [3.63, 3.8) is 0 Å². The van der Waals surface area contributed by atoms with Crippen LogP contribution in [0, 0.1) is 0 Å². The monoisotopic (exact) mass is 441 g/mol. The number of aromatic amines is 1. The molecule has 5 rings (SSSR count). The number of hydrogen-bond donors (Lipinski definition) is 2. The summed E-state index contributed by atoms with van der Waals surface area (Å²) in [5.74, 6) is 0.285. The molecule has 0 saturated heterocycles. The highest BCUT2D eigenvalue weighted by Crippen LogP contribution is 2.39. The van der Waals surface area contributed by atoms with E-state index in [9.17, 15) is 8.42 Å². The van der Waals surface area contributed by atoms with Gasteiger partial charge >= 0.3 is 0 Å². The number of nitrogens with one attached hydrogen (secondary N) is 2. The van der Waals surface area contributed by atoms with Crippen molar-refractivity contribution in [3.05, 3.63) is 40.7 Å². The van der Waals surface area contributed by atoms with Crippen LogP contribution in [0.25, 0.3) is 0 Å². The van der Waals surface area contributed by atoms with Crippen molar-refractivity contribution in [2.75, 3.05) is 26.0 Å². The summed E-state index contributed by atoms with van der Waals surface area (Å²) in [5.41, 5.74) is 6.55. The number of nitrogens with zero attached hydrogens (tertiary/aromatic N) is 5. The average molecular weight is 442 g/mol. The van der Waals surface area contributed by atoms with Crippen molar-refractivity contribution in [2.45, 2.75) is 55.1 Å². The standard InChI is InChI=1S/C21H27N7O2S/c1-27(2)9-10-28-13-16(12-22-28)31(29,30)21-24-20(25-26-21)23-19-17-7-3-5-14(17)11-15-6-4-8-18(15)19/h11-13H,3-10H2,1-2H3,(H2,23,24,25,26). The lowest BCUT2D eigenvalue weighted by molar-refractivity contribution is 0.373. The Morgan fingerprint density at radius 3 is 2.52 bits per heavy atom. The highest BCUT2D eigenvalue weighted by Gasteiger charge is 2.27. The van der Waals surface area contributed by atoms with Crippen molar-refractivity contribution in [1.82, 2.24) is 29.9 Å². The van der Waals surface area contributed by atoms with Crippen molar-refractivity contribution < 1.29 is 8.42 Å². The van der Waals surface area contributed by atoms with Gasteiger partial charge in [0.05, 0.1) is 12.7 Å². The third kappa shape index (κ3) is 3.74. The van der Waals surface area contributed by atoms with E-state index in [4.69, 9.17) is 0 Å². The smallest absolute Gasteiger partial charge is 0.249 e. The molecule has 9 nitrogen and oxygen atoms in total. The molecule has 0 aliphatic heterocycles. The van der Waals surface area contributed by atoms with Gasteiger partial charge in [0.25, 0.3) is 0 Å². The molecule has 0 atom stereocenters. The third-order valence-electron chi connectivity index (χ3n) is 6.13. The number of hydrogen-bond acceptors (Lipinski definition) is 7. The molecule has 0 amide bonds. The van der Waals surface area contributed by atoms with E-state index < -0.39 is 9.84 Å². The zero-order valence-electron chi connectivity index (χ0n) is 17.8. The Kier molecular flexibility index (Phi) is 5.05. The van der Waals surface area contributed by atoms with Gasteiger partial charge in [-0.3, -0.25) is 4.68 Å². The zero-order valence-corrected chi connectivity index (χ0v) is 18.7. The molecular formula is C21H27N7O2S. The number of aromatic nitrogens is 5. The Morgan fingerprint density at radius 1 is 1.13 bits per heavy atom. The summed E-state index contributed by atoms with van der Waals surface area (Å²) < 4.78 is 27.6. The van der Waals surface area contributed by atoms with Crippen LogP contribution in [-0.4, -0.2) is 58.9 Å². The predicted octanol–water partition coefficient (Wildman–Crippen LogP) is 2.12. The molecule has 2 aliphatic rings. The fourth-order valence-corrected chi connectivity index (χ4v) is 5.56. The Bertz CT molecular complexity index is 1190. The number of sulfone groups is 1. The quantitative estimate of drug-likeness (QED) is 0.578. The Morgan fingerprint density at radius 2 is 1.84 bits per heavy atom. The maximum atomic E-state index is 13.0. The second kappa shape index (κ2) is 7.76. The molecule has 0 fully saturated rings. The lowest BCUT2D eigenvalue weighted by Crippen LogP contribution is -2.18. The SMILES string of the molecule is CN(C)CCn1cc(S(=O)(=O)c2nc(Nc3c4c(cc5c3CCC5)CCC4)n[nH]2)cn1. The van der Waals surface area contributed by atoms with Crippen LogP contribution in [0.2, 0.25) is 0 Å². The first-order chi connectivity index (χ1) is 14.9. The number of anilines is 2. The number of benzene rings is 1. The van der Waals surface area contributed by atoms with Crippen LogP contribution >= 0.6 is 0 Å². The first-order valence-corrected chi connectivity index (χ1v) is 12.2. The van der Waals surface area contributed by atoms with Crippen LogP contribution in [0.4, 0.5) is 11.6 Å². The lowest BCUT2D eigenvalue weighted by atomic mass is 9.99. The van der Waals surface area contributed by atoms with E-state index in [1.54, 1.807) is 4.68 Å². The summed E-state index contributed by atoms with van der Waals surface area (Å²) in [4.78, 5) is 6.40. The van der Waals surface area contributed by atoms with Gasteiger partial charge in [0.15, 0.2) is 0 Å². The van der Waals surface area contributed by atoms with Crippen LogP contribution in [0.5, 0.6) is 0 Å². The van der Waals surface area contributed by atoms with Gasteiger partial charge < -0.3 is 10.2 Å². The van der Waals surface area contributed by atoms with Crippen LogP contribution in [0.15, 0.2) is 28.5 Å². The molecular weight excluding hydrogens is 414 g/mol. The minimum atomic E-state index is -3.82. The van der Waals surface area contributed by atoms with Gasteiger partial charge in [-0.05, 0) is 74.9 Å². The molecule has 0 unspecified atom stereocenters. The molecule has 31 heavy (non-hydrogen) atoms. The molecule has 2 aromatic heterocycles. The summed E-state index contributed by atoms with van der Waals surface area (Å²) >= 11 is 0. The van der Waals surface area contributed by atoms with Gasteiger partial charge in [-0.15, -0.1) is 5.10 Å². The van der Waals surface area contributed by atoms with Gasteiger partial charge in [-0.2, -0.15) is 10.1 Å². The van der Waals surface area contributed by atoms with Gasteiger partial charge in [0.2, 0.25) is 20.9 Å². The minimum Gasteiger partial charge on any atom is -0.322 e. The van der Waals surface area contributed by atoms with Crippen molar-refractivity contribution in [3.8, 4) is 0 Å². The number of rotatable bonds is 7. The number of likely N-dealkylation sites (N-methyl/N-ethyl adjacent to an activating group) is 1. The van der Waals surface area contributed by atoms with E-state index in [1.165, 1.54) is 34.6 Å². The topological polar surface area (TPSA) is 109 Å². The maximum Gasteiger partial charge on any atom is 0.249 e. The van der Waals surface area contributed by atoms with Crippen LogP contribution in [0.3, 0.4) is 0 Å². The molecule has 2 aliphatic carbocycles. The Labute approximate surface area is 181 Å². The lowest BCUT2D eigenvalue weighted by Gasteiger charge is -2.15. The predicted molar refractivity (Wildman–Crippen MR) is 116 cm³/mol. The van der Waals surface area contributed by atoms with Crippen molar-refractivity contribution >= 4 is 21.5 Å². The summed E-state index contributed by atoms with van der Waals surface area (Å²) in [6, 6.07) is 2.36. The second-order valence-electron chi connectivity index (χ2n) is 8.57. The van der Waals surface area contributed by atoms with Crippen LogP contribution in [-0.2, 0) is 42.1 Å². The second-order valence-corrected chi connectivity index (χ2v) is 10.4. The first-order valence-electron chi connectivity index (χ1n) is 10.7. The first kappa shape index (κ1) is 20.2. The van der Waals surface area contributed by atoms with Crippen molar-refractivity contribution in [2.24, 2.45) is 0 Å². The minimum absolute atomic E-state index is 0.107. The summed E-state index contributed by atoms with van der Waals surface area (Å²) in [6.07, 6.45) is 9.46. The fraction of sp³-hybridized carbons (Fsp3) is 0.476. The molecule has 10 heteroatoms. The molecule has 0 radical (unpaired) electrons. The largest absolute Gasteiger partial charge is 0.322 e. The number of fused-ring (bicyclic) bond motifs is 2. The molecule has 164 valence electrons. The average Bonchev–Trinajstić information content (AvgIpc) is 3.52.